The Labute approximate surface area is 147 Å². The zero-order valence-electron chi connectivity index (χ0n) is 13.8. The van der Waals surface area contributed by atoms with E-state index in [0.29, 0.717) is 12.0 Å². The number of benzene rings is 1. The highest BCUT2D eigenvalue weighted by molar-refractivity contribution is 7.71. The maximum absolute atomic E-state index is 13.6. The number of methoxy groups -OCH3 is 2. The van der Waals surface area contributed by atoms with Crippen molar-refractivity contribution in [2.24, 2.45) is 0 Å². The lowest BCUT2D eigenvalue weighted by Gasteiger charge is -2.20. The van der Waals surface area contributed by atoms with E-state index in [-0.39, 0.29) is 16.2 Å². The van der Waals surface area contributed by atoms with Crippen LogP contribution in [0.15, 0.2) is 18.2 Å². The molecule has 0 aliphatic carbocycles. The molecule has 134 valence electrons. The molecule has 6 nitrogen and oxygen atoms in total. The van der Waals surface area contributed by atoms with E-state index in [2.05, 4.69) is 9.72 Å². The molecule has 0 radical (unpaired) electrons. The van der Waals surface area contributed by atoms with Crippen LogP contribution in [0.5, 0.6) is 0 Å². The highest BCUT2D eigenvalue weighted by Crippen LogP contribution is 2.28. The Bertz CT molecular complexity index is 876. The van der Waals surface area contributed by atoms with Crippen molar-refractivity contribution in [1.29, 1.82) is 0 Å². The Kier molecular flexibility index (Phi) is 5.68. The summed E-state index contributed by atoms with van der Waals surface area (Å²) in [4.78, 5) is 26.8. The zero-order chi connectivity index (χ0) is 18.7. The van der Waals surface area contributed by atoms with Crippen LogP contribution in [0.3, 0.4) is 0 Å². The average molecular weight is 370 g/mol. The number of halogens is 2. The van der Waals surface area contributed by atoms with E-state index in [1.807, 2.05) is 0 Å². The van der Waals surface area contributed by atoms with Crippen molar-refractivity contribution < 1.29 is 27.8 Å². The van der Waals surface area contributed by atoms with Crippen molar-refractivity contribution in [3.8, 4) is 0 Å². The predicted molar refractivity (Wildman–Crippen MR) is 87.1 cm³/mol. The number of carbonyl (C=O) groups is 2. The summed E-state index contributed by atoms with van der Waals surface area (Å²) in [5.41, 5.74) is 0.0781. The summed E-state index contributed by atoms with van der Waals surface area (Å²) in [6.07, 6.45) is 0.391. The summed E-state index contributed by atoms with van der Waals surface area (Å²) in [6, 6.07) is 2.78. The molecule has 0 amide bonds. The van der Waals surface area contributed by atoms with Gasteiger partial charge in [-0.15, -0.1) is 0 Å². The molecule has 1 heterocycles. The summed E-state index contributed by atoms with van der Waals surface area (Å²) >= 11 is 5.22. The molecule has 2 rings (SSSR count). The number of nitrogens with zero attached hydrogens (tertiary/aromatic N) is 1. The predicted octanol–water partition coefficient (Wildman–Crippen LogP) is 3.40. The van der Waals surface area contributed by atoms with Gasteiger partial charge in [-0.1, -0.05) is 13.0 Å². The van der Waals surface area contributed by atoms with E-state index in [1.165, 1.54) is 10.6 Å². The van der Waals surface area contributed by atoms with Gasteiger partial charge in [0.15, 0.2) is 27.8 Å². The second-order valence-electron chi connectivity index (χ2n) is 5.10. The van der Waals surface area contributed by atoms with Crippen LogP contribution in [0.4, 0.5) is 8.78 Å². The Hall–Kier alpha value is -2.55. The molecule has 0 aliphatic heterocycles. The molecule has 1 N–H and O–H groups in total. The Balaban J connectivity index is 2.72. The monoisotopic (exact) mass is 370 g/mol. The second kappa shape index (κ2) is 7.56. The van der Waals surface area contributed by atoms with E-state index in [0.717, 1.165) is 26.4 Å². The lowest BCUT2D eigenvalue weighted by Crippen LogP contribution is -2.20. The van der Waals surface area contributed by atoms with Gasteiger partial charge in [0.1, 0.15) is 0 Å². The number of hydrogen-bond acceptors (Lipinski definition) is 5. The number of rotatable bonds is 5. The molecule has 0 saturated carbocycles. The Morgan fingerprint density at radius 2 is 1.84 bits per heavy atom. The largest absolute Gasteiger partial charge is 0.464 e. The van der Waals surface area contributed by atoms with E-state index in [1.54, 1.807) is 6.92 Å². The second-order valence-corrected chi connectivity index (χ2v) is 5.49. The van der Waals surface area contributed by atoms with Crippen molar-refractivity contribution in [1.82, 2.24) is 9.55 Å². The third kappa shape index (κ3) is 3.46. The molecule has 0 fully saturated rings. The Morgan fingerprint density at radius 1 is 1.20 bits per heavy atom. The number of esters is 2. The van der Waals surface area contributed by atoms with Crippen LogP contribution < -0.4 is 0 Å². The molecule has 0 bridgehead atoms. The SMILES string of the molecule is CC[C@@H](c1ccc(F)c(F)c1)n1c(C(=O)OC)c(C(=O)OC)[nH]c1=S. The molecule has 9 heteroatoms. The number of imidazole rings is 1. The number of aromatic nitrogens is 2. The first-order chi connectivity index (χ1) is 11.8. The van der Waals surface area contributed by atoms with Crippen LogP contribution in [0.1, 0.15) is 45.9 Å². The van der Waals surface area contributed by atoms with Crippen molar-refractivity contribution in [3.63, 3.8) is 0 Å². The van der Waals surface area contributed by atoms with Gasteiger partial charge in [-0.3, -0.25) is 0 Å². The molecule has 25 heavy (non-hydrogen) atoms. The molecular weight excluding hydrogens is 354 g/mol. The van der Waals surface area contributed by atoms with Crippen LogP contribution in [-0.4, -0.2) is 35.7 Å². The standard InChI is InChI=1S/C16H16F2N2O4S/c1-4-11(8-5-6-9(17)10(18)7-8)20-13(15(22)24-3)12(14(21)23-2)19-16(20)25/h5-7,11H,4H2,1-3H3,(H,19,25)/t11-/m0/s1. The Morgan fingerprint density at radius 3 is 2.36 bits per heavy atom. The first-order valence-electron chi connectivity index (χ1n) is 7.31. The highest BCUT2D eigenvalue weighted by Gasteiger charge is 2.29. The fourth-order valence-corrected chi connectivity index (χ4v) is 2.90. The minimum Gasteiger partial charge on any atom is -0.464 e. The van der Waals surface area contributed by atoms with Gasteiger partial charge >= 0.3 is 11.9 Å². The lowest BCUT2D eigenvalue weighted by molar-refractivity contribution is 0.0542. The fourth-order valence-electron chi connectivity index (χ4n) is 2.58. The summed E-state index contributed by atoms with van der Waals surface area (Å²) in [5.74, 6) is -3.62. The van der Waals surface area contributed by atoms with Gasteiger partial charge < -0.3 is 19.0 Å². The third-order valence-corrected chi connectivity index (χ3v) is 4.02. The number of aromatic amines is 1. The minimum atomic E-state index is -1.02. The smallest absolute Gasteiger partial charge is 0.357 e. The van der Waals surface area contributed by atoms with Gasteiger partial charge in [0, 0.05) is 0 Å². The molecule has 1 aromatic carbocycles. The average Bonchev–Trinajstić information content (AvgIpc) is 2.94. The van der Waals surface area contributed by atoms with Crippen LogP contribution in [-0.2, 0) is 9.47 Å². The third-order valence-electron chi connectivity index (χ3n) is 3.72. The van der Waals surface area contributed by atoms with E-state index >= 15 is 0 Å². The minimum absolute atomic E-state index is 0.0531. The lowest BCUT2D eigenvalue weighted by atomic mass is 10.0. The molecule has 0 aliphatic rings. The highest BCUT2D eigenvalue weighted by atomic mass is 32.1. The number of carbonyl (C=O) groups excluding carboxylic acids is 2. The van der Waals surface area contributed by atoms with Gasteiger partial charge in [0.25, 0.3) is 0 Å². The van der Waals surface area contributed by atoms with Crippen LogP contribution >= 0.6 is 12.2 Å². The fraction of sp³-hybridized carbons (Fsp3) is 0.312. The van der Waals surface area contributed by atoms with Gasteiger partial charge in [0.05, 0.1) is 20.3 Å². The summed E-state index contributed by atoms with van der Waals surface area (Å²) in [6.45, 7) is 1.78. The van der Waals surface area contributed by atoms with E-state index < -0.39 is 29.6 Å². The zero-order valence-corrected chi connectivity index (χ0v) is 14.6. The normalized spacial score (nSPS) is 11.9. The maximum atomic E-state index is 13.6. The van der Waals surface area contributed by atoms with E-state index in [4.69, 9.17) is 17.0 Å². The molecule has 1 atom stereocenters. The number of nitrogens with one attached hydrogen (secondary N) is 1. The van der Waals surface area contributed by atoms with Crippen LogP contribution in [0.25, 0.3) is 0 Å². The van der Waals surface area contributed by atoms with Crippen molar-refractivity contribution in [3.05, 3.63) is 51.6 Å². The maximum Gasteiger partial charge on any atom is 0.357 e. The van der Waals surface area contributed by atoms with Gasteiger partial charge in [-0.2, -0.15) is 0 Å². The van der Waals surface area contributed by atoms with Crippen molar-refractivity contribution >= 4 is 24.2 Å². The molecule has 0 saturated heterocycles. The summed E-state index contributed by atoms with van der Waals surface area (Å²) in [7, 11) is 2.31. The van der Waals surface area contributed by atoms with Crippen molar-refractivity contribution in [2.45, 2.75) is 19.4 Å². The number of ether oxygens (including phenoxy) is 2. The molecule has 2 aromatic rings. The van der Waals surface area contributed by atoms with Crippen LogP contribution in [0.2, 0.25) is 0 Å². The van der Waals surface area contributed by atoms with Crippen LogP contribution in [0, 0.1) is 16.4 Å². The number of hydrogen-bond donors (Lipinski definition) is 1. The van der Waals surface area contributed by atoms with Gasteiger partial charge in [-0.25, -0.2) is 18.4 Å². The van der Waals surface area contributed by atoms with Gasteiger partial charge in [0.2, 0.25) is 0 Å². The number of H-pyrrole nitrogens is 1. The molecule has 0 unspecified atom stereocenters. The topological polar surface area (TPSA) is 73.3 Å². The summed E-state index contributed by atoms with van der Waals surface area (Å²) in [5, 5.41) is 0. The quantitative estimate of drug-likeness (QED) is 0.645. The van der Waals surface area contributed by atoms with Crippen molar-refractivity contribution in [2.75, 3.05) is 14.2 Å². The molecular formula is C16H16F2N2O4S. The summed E-state index contributed by atoms with van der Waals surface area (Å²) < 4.78 is 37.6. The first-order valence-corrected chi connectivity index (χ1v) is 7.72. The molecule has 0 spiro atoms. The van der Waals surface area contributed by atoms with E-state index in [9.17, 15) is 18.4 Å². The van der Waals surface area contributed by atoms with Gasteiger partial charge in [-0.05, 0) is 36.3 Å². The molecule has 1 aromatic heterocycles. The first kappa shape index (κ1) is 18.8.